The summed E-state index contributed by atoms with van der Waals surface area (Å²) in [4.78, 5) is 18.4. The maximum absolute atomic E-state index is 13.3. The molecule has 0 bridgehead atoms. The third-order valence-corrected chi connectivity index (χ3v) is 5.26. The van der Waals surface area contributed by atoms with E-state index in [1.165, 1.54) is 28.4 Å². The molecule has 0 saturated heterocycles. The molecule has 0 aliphatic rings. The average molecular weight is 432 g/mol. The Labute approximate surface area is 154 Å². The van der Waals surface area contributed by atoms with Crippen molar-refractivity contribution in [2.24, 2.45) is 0 Å². The molecule has 25 heavy (non-hydrogen) atoms. The predicted octanol–water partition coefficient (Wildman–Crippen LogP) is 4.54. The van der Waals surface area contributed by atoms with E-state index in [9.17, 15) is 18.0 Å². The van der Waals surface area contributed by atoms with Gasteiger partial charge in [0.15, 0.2) is 0 Å². The van der Waals surface area contributed by atoms with Gasteiger partial charge in [0.2, 0.25) is 11.7 Å². The molecule has 0 unspecified atom stereocenters. The first-order valence-electron chi connectivity index (χ1n) is 7.26. The lowest BCUT2D eigenvalue weighted by Crippen LogP contribution is -2.31. The molecule has 4 nitrogen and oxygen atoms in total. The van der Waals surface area contributed by atoms with Crippen LogP contribution < -0.4 is 0 Å². The number of amides is 1. The Bertz CT molecular complexity index is 919. The van der Waals surface area contributed by atoms with Gasteiger partial charge >= 0.3 is 6.18 Å². The first-order chi connectivity index (χ1) is 11.8. The molecule has 0 N–H and O–H groups in total. The second-order valence-corrected chi connectivity index (χ2v) is 8.01. The molecular formula is C16H13BrF3N3OS. The Kier molecular flexibility index (Phi) is 4.88. The first kappa shape index (κ1) is 17.9. The molecule has 0 aliphatic carbocycles. The minimum atomic E-state index is -4.63. The summed E-state index contributed by atoms with van der Waals surface area (Å²) in [5.41, 5.74) is 0.503. The van der Waals surface area contributed by atoms with Gasteiger partial charge in [0.25, 0.3) is 0 Å². The Hall–Kier alpha value is -1.87. The highest BCUT2D eigenvalue weighted by atomic mass is 79.9. The highest BCUT2D eigenvalue weighted by Crippen LogP contribution is 2.31. The lowest BCUT2D eigenvalue weighted by Gasteiger charge is -2.18. The van der Waals surface area contributed by atoms with E-state index in [0.29, 0.717) is 6.54 Å². The van der Waals surface area contributed by atoms with Crippen molar-refractivity contribution >= 4 is 44.2 Å². The molecular weight excluding hydrogens is 419 g/mol. The number of para-hydroxylation sites is 2. The monoisotopic (exact) mass is 431 g/mol. The summed E-state index contributed by atoms with van der Waals surface area (Å²) in [5.74, 6) is -1.48. The molecule has 0 radical (unpaired) electrons. The Morgan fingerprint density at radius 1 is 1.28 bits per heavy atom. The number of benzene rings is 1. The molecule has 1 aromatic carbocycles. The largest absolute Gasteiger partial charge is 0.449 e. The number of carbonyl (C=O) groups is 1. The molecule has 9 heteroatoms. The number of rotatable bonds is 4. The molecule has 1 amide bonds. The van der Waals surface area contributed by atoms with Crippen molar-refractivity contribution in [3.05, 3.63) is 50.9 Å². The van der Waals surface area contributed by atoms with E-state index in [0.717, 1.165) is 13.2 Å². The number of aromatic nitrogens is 2. The van der Waals surface area contributed by atoms with E-state index in [2.05, 4.69) is 20.9 Å². The van der Waals surface area contributed by atoms with E-state index in [1.807, 2.05) is 12.1 Å². The maximum atomic E-state index is 13.3. The third kappa shape index (κ3) is 3.87. The molecule has 2 aromatic heterocycles. The van der Waals surface area contributed by atoms with Gasteiger partial charge in [-0.2, -0.15) is 13.2 Å². The van der Waals surface area contributed by atoms with Gasteiger partial charge in [-0.05, 0) is 40.2 Å². The minimum Gasteiger partial charge on any atom is -0.339 e. The summed E-state index contributed by atoms with van der Waals surface area (Å²) < 4.78 is 41.7. The van der Waals surface area contributed by atoms with Crippen LogP contribution in [0.4, 0.5) is 13.2 Å². The standard InChI is InChI=1S/C16H13BrF3N3OS/c1-22(8-10-6-7-13(17)25-10)14(24)9-23-12-5-3-2-4-11(12)21-15(23)16(18,19)20/h2-7H,8-9H2,1H3. The van der Waals surface area contributed by atoms with Gasteiger partial charge in [-0.3, -0.25) is 4.79 Å². The molecule has 0 atom stereocenters. The molecule has 0 aliphatic heterocycles. The van der Waals surface area contributed by atoms with E-state index >= 15 is 0 Å². The fourth-order valence-corrected chi connectivity index (χ4v) is 4.00. The molecule has 3 aromatic rings. The zero-order valence-corrected chi connectivity index (χ0v) is 15.5. The van der Waals surface area contributed by atoms with Crippen LogP contribution in [0.25, 0.3) is 11.0 Å². The van der Waals surface area contributed by atoms with Crippen LogP contribution in [0.1, 0.15) is 10.7 Å². The number of thiophene rings is 1. The molecule has 3 rings (SSSR count). The van der Waals surface area contributed by atoms with Crippen molar-refractivity contribution < 1.29 is 18.0 Å². The number of imidazole rings is 1. The number of alkyl halides is 3. The number of nitrogens with zero attached hydrogens (tertiary/aromatic N) is 3. The van der Waals surface area contributed by atoms with Crippen LogP contribution in [0.3, 0.4) is 0 Å². The first-order valence-corrected chi connectivity index (χ1v) is 8.87. The van der Waals surface area contributed by atoms with Crippen molar-refractivity contribution in [2.45, 2.75) is 19.3 Å². The summed E-state index contributed by atoms with van der Waals surface area (Å²) in [7, 11) is 1.57. The van der Waals surface area contributed by atoms with Gasteiger partial charge in [0, 0.05) is 11.9 Å². The summed E-state index contributed by atoms with van der Waals surface area (Å²) in [6.07, 6.45) is -4.63. The number of carbonyl (C=O) groups excluding carboxylic acids is 1. The van der Waals surface area contributed by atoms with Gasteiger partial charge in [0.05, 0.1) is 21.4 Å². The number of hydrogen-bond acceptors (Lipinski definition) is 3. The van der Waals surface area contributed by atoms with Crippen LogP contribution in [-0.4, -0.2) is 27.4 Å². The topological polar surface area (TPSA) is 38.1 Å². The lowest BCUT2D eigenvalue weighted by atomic mass is 10.3. The van der Waals surface area contributed by atoms with Crippen molar-refractivity contribution in [3.8, 4) is 0 Å². The zero-order chi connectivity index (χ0) is 18.2. The highest BCUT2D eigenvalue weighted by Gasteiger charge is 2.38. The number of hydrogen-bond donors (Lipinski definition) is 0. The summed E-state index contributed by atoms with van der Waals surface area (Å²) in [6, 6.07) is 10.00. The summed E-state index contributed by atoms with van der Waals surface area (Å²) in [6.45, 7) is -0.0819. The fourth-order valence-electron chi connectivity index (χ4n) is 2.47. The maximum Gasteiger partial charge on any atom is 0.449 e. The Balaban J connectivity index is 1.87. The molecule has 0 spiro atoms. The van der Waals surface area contributed by atoms with Gasteiger partial charge in [-0.1, -0.05) is 12.1 Å². The van der Waals surface area contributed by atoms with Crippen molar-refractivity contribution in [1.82, 2.24) is 14.5 Å². The van der Waals surface area contributed by atoms with Gasteiger partial charge in [-0.25, -0.2) is 4.98 Å². The lowest BCUT2D eigenvalue weighted by molar-refractivity contribution is -0.148. The van der Waals surface area contributed by atoms with Crippen LogP contribution in [-0.2, 0) is 24.1 Å². The second-order valence-electron chi connectivity index (χ2n) is 5.46. The van der Waals surface area contributed by atoms with Crippen LogP contribution >= 0.6 is 27.3 Å². The van der Waals surface area contributed by atoms with E-state index < -0.39 is 24.5 Å². The Morgan fingerprint density at radius 2 is 2.00 bits per heavy atom. The minimum absolute atomic E-state index is 0.215. The smallest absolute Gasteiger partial charge is 0.339 e. The van der Waals surface area contributed by atoms with Gasteiger partial charge < -0.3 is 9.47 Å². The number of halogens is 4. The second kappa shape index (κ2) is 6.80. The quantitative estimate of drug-likeness (QED) is 0.608. The van der Waals surface area contributed by atoms with Crippen molar-refractivity contribution in [3.63, 3.8) is 0 Å². The molecule has 132 valence electrons. The van der Waals surface area contributed by atoms with Crippen LogP contribution in [0.2, 0.25) is 0 Å². The average Bonchev–Trinajstić information content (AvgIpc) is 3.11. The number of fused-ring (bicyclic) bond motifs is 1. The van der Waals surface area contributed by atoms with Gasteiger partial charge in [0.1, 0.15) is 6.54 Å². The fraction of sp³-hybridized carbons (Fsp3) is 0.250. The highest BCUT2D eigenvalue weighted by molar-refractivity contribution is 9.11. The predicted molar refractivity (Wildman–Crippen MR) is 93.2 cm³/mol. The number of likely N-dealkylation sites (N-methyl/N-ethyl adjacent to an activating group) is 1. The van der Waals surface area contributed by atoms with Crippen LogP contribution in [0.5, 0.6) is 0 Å². The molecule has 0 saturated carbocycles. The van der Waals surface area contributed by atoms with Crippen LogP contribution in [0, 0.1) is 0 Å². The van der Waals surface area contributed by atoms with E-state index in [1.54, 1.807) is 19.2 Å². The van der Waals surface area contributed by atoms with E-state index in [4.69, 9.17) is 0 Å². The van der Waals surface area contributed by atoms with Crippen molar-refractivity contribution in [1.29, 1.82) is 0 Å². The Morgan fingerprint density at radius 3 is 2.64 bits per heavy atom. The zero-order valence-electron chi connectivity index (χ0n) is 13.0. The van der Waals surface area contributed by atoms with Crippen LogP contribution in [0.15, 0.2) is 40.2 Å². The normalized spacial score (nSPS) is 11.9. The van der Waals surface area contributed by atoms with E-state index in [-0.39, 0.29) is 11.0 Å². The van der Waals surface area contributed by atoms with Crippen molar-refractivity contribution in [2.75, 3.05) is 7.05 Å². The molecule has 2 heterocycles. The summed E-state index contributed by atoms with van der Waals surface area (Å²) >= 11 is 4.82. The molecule has 0 fully saturated rings. The third-order valence-electron chi connectivity index (χ3n) is 3.65. The van der Waals surface area contributed by atoms with Gasteiger partial charge in [-0.15, -0.1) is 11.3 Å². The SMILES string of the molecule is CN(Cc1ccc(Br)s1)C(=O)Cn1c(C(F)(F)F)nc2ccccc21. The summed E-state index contributed by atoms with van der Waals surface area (Å²) in [5, 5.41) is 0.